The third-order valence-corrected chi connectivity index (χ3v) is 3.56. The van der Waals surface area contributed by atoms with Crippen molar-refractivity contribution in [3.8, 4) is 0 Å². The van der Waals surface area contributed by atoms with Gasteiger partial charge in [-0.25, -0.2) is 0 Å². The summed E-state index contributed by atoms with van der Waals surface area (Å²) in [6.45, 7) is 4.34. The third-order valence-electron chi connectivity index (χ3n) is 3.56. The Hall–Kier alpha value is -0.860. The Balaban J connectivity index is 1.46. The van der Waals surface area contributed by atoms with E-state index in [4.69, 9.17) is 0 Å². The molecule has 1 aromatic rings. The molecule has 2 N–H and O–H groups in total. The van der Waals surface area contributed by atoms with E-state index in [1.165, 1.54) is 37.8 Å². The van der Waals surface area contributed by atoms with Gasteiger partial charge >= 0.3 is 0 Å². The lowest BCUT2D eigenvalue weighted by Crippen LogP contribution is -2.30. The van der Waals surface area contributed by atoms with Crippen LogP contribution < -0.4 is 10.6 Å². The molecule has 2 rings (SSSR count). The van der Waals surface area contributed by atoms with Crippen molar-refractivity contribution >= 4 is 0 Å². The van der Waals surface area contributed by atoms with Crippen LogP contribution in [0.4, 0.5) is 0 Å². The molecule has 0 unspecified atom stereocenters. The lowest BCUT2D eigenvalue weighted by molar-refractivity contribution is 0.483. The van der Waals surface area contributed by atoms with Gasteiger partial charge < -0.3 is 10.6 Å². The van der Waals surface area contributed by atoms with Gasteiger partial charge in [-0.15, -0.1) is 0 Å². The number of hydrogen-bond acceptors (Lipinski definition) is 2. The van der Waals surface area contributed by atoms with Crippen molar-refractivity contribution < 1.29 is 0 Å². The molecule has 1 aliphatic carbocycles. The van der Waals surface area contributed by atoms with Crippen molar-refractivity contribution in [1.82, 2.24) is 10.6 Å². The highest BCUT2D eigenvalue weighted by Crippen LogP contribution is 2.23. The first-order valence-electron chi connectivity index (χ1n) is 6.90. The van der Waals surface area contributed by atoms with E-state index in [1.807, 2.05) is 0 Å². The largest absolute Gasteiger partial charge is 0.315 e. The maximum absolute atomic E-state index is 3.55. The van der Waals surface area contributed by atoms with Crippen molar-refractivity contribution in [2.45, 2.75) is 32.2 Å². The van der Waals surface area contributed by atoms with Crippen molar-refractivity contribution in [2.24, 2.45) is 5.92 Å². The summed E-state index contributed by atoms with van der Waals surface area (Å²) in [4.78, 5) is 0. The van der Waals surface area contributed by atoms with Crippen LogP contribution in [0.5, 0.6) is 0 Å². The minimum absolute atomic E-state index is 0.948. The van der Waals surface area contributed by atoms with Crippen molar-refractivity contribution in [3.63, 3.8) is 0 Å². The topological polar surface area (TPSA) is 24.1 Å². The summed E-state index contributed by atoms with van der Waals surface area (Å²) in [5.41, 5.74) is 1.36. The second-order valence-electron chi connectivity index (χ2n) is 5.02. The highest BCUT2D eigenvalue weighted by molar-refractivity contribution is 5.14. The van der Waals surface area contributed by atoms with E-state index in [1.54, 1.807) is 0 Å². The van der Waals surface area contributed by atoms with Crippen molar-refractivity contribution in [3.05, 3.63) is 35.9 Å². The number of benzene rings is 1. The molecule has 0 aliphatic heterocycles. The van der Waals surface area contributed by atoms with Crippen LogP contribution in [0.15, 0.2) is 30.3 Å². The zero-order chi connectivity index (χ0) is 11.8. The van der Waals surface area contributed by atoms with Crippen molar-refractivity contribution in [2.75, 3.05) is 19.6 Å². The van der Waals surface area contributed by atoms with Crippen LogP contribution in [0.1, 0.15) is 31.2 Å². The number of nitrogens with one attached hydrogen (secondary N) is 2. The Morgan fingerprint density at radius 3 is 2.41 bits per heavy atom. The fourth-order valence-corrected chi connectivity index (χ4v) is 2.53. The van der Waals surface area contributed by atoms with Gasteiger partial charge in [0.1, 0.15) is 0 Å². The van der Waals surface area contributed by atoms with Crippen LogP contribution in [0, 0.1) is 5.92 Å². The fraction of sp³-hybridized carbons (Fsp3) is 0.600. The van der Waals surface area contributed by atoms with E-state index in [0.29, 0.717) is 0 Å². The molecule has 0 spiro atoms. The first kappa shape index (κ1) is 12.6. The zero-order valence-electron chi connectivity index (χ0n) is 10.6. The highest BCUT2D eigenvalue weighted by atomic mass is 14.9. The summed E-state index contributed by atoms with van der Waals surface area (Å²) in [7, 11) is 0. The molecule has 94 valence electrons. The smallest absolute Gasteiger partial charge is 0.0206 e. The van der Waals surface area contributed by atoms with Gasteiger partial charge in [0, 0.05) is 19.6 Å². The first-order chi connectivity index (χ1) is 8.45. The third kappa shape index (κ3) is 4.88. The molecule has 0 aromatic heterocycles. The van der Waals surface area contributed by atoms with Crippen LogP contribution in [0.25, 0.3) is 0 Å². The molecular formula is C15H24N2. The van der Waals surface area contributed by atoms with Crippen LogP contribution >= 0.6 is 0 Å². The van der Waals surface area contributed by atoms with Gasteiger partial charge in [-0.3, -0.25) is 0 Å². The predicted molar refractivity (Wildman–Crippen MR) is 73.0 cm³/mol. The molecule has 2 heteroatoms. The molecule has 1 saturated carbocycles. The molecule has 0 radical (unpaired) electrons. The van der Waals surface area contributed by atoms with Crippen LogP contribution in [-0.2, 0) is 6.54 Å². The summed E-state index contributed by atoms with van der Waals surface area (Å²) in [6, 6.07) is 10.6. The second kappa shape index (κ2) is 7.46. The first-order valence-corrected chi connectivity index (χ1v) is 6.90. The summed E-state index contributed by atoms with van der Waals surface area (Å²) < 4.78 is 0. The van der Waals surface area contributed by atoms with Crippen LogP contribution in [0.2, 0.25) is 0 Å². The molecule has 1 fully saturated rings. The lowest BCUT2D eigenvalue weighted by Gasteiger charge is -2.10. The monoisotopic (exact) mass is 232 g/mol. The van der Waals surface area contributed by atoms with Gasteiger partial charge in [0.05, 0.1) is 0 Å². The lowest BCUT2D eigenvalue weighted by atomic mass is 10.1. The van der Waals surface area contributed by atoms with Crippen molar-refractivity contribution in [1.29, 1.82) is 0 Å². The normalized spacial score (nSPS) is 16.5. The molecule has 1 aromatic carbocycles. The Morgan fingerprint density at radius 2 is 1.65 bits per heavy atom. The molecular weight excluding hydrogens is 208 g/mol. The minimum atomic E-state index is 0.948. The Morgan fingerprint density at radius 1 is 0.941 bits per heavy atom. The van der Waals surface area contributed by atoms with E-state index in [9.17, 15) is 0 Å². The van der Waals surface area contributed by atoms with Gasteiger partial charge in [0.15, 0.2) is 0 Å². The van der Waals surface area contributed by atoms with E-state index < -0.39 is 0 Å². The Kier molecular flexibility index (Phi) is 5.53. The van der Waals surface area contributed by atoms with Gasteiger partial charge in [-0.1, -0.05) is 43.2 Å². The summed E-state index contributed by atoms with van der Waals surface area (Å²) in [5.74, 6) is 0.948. The fourth-order valence-electron chi connectivity index (χ4n) is 2.53. The Bertz CT molecular complexity index is 291. The van der Waals surface area contributed by atoms with Gasteiger partial charge in [0.2, 0.25) is 0 Å². The number of hydrogen-bond donors (Lipinski definition) is 2. The zero-order valence-corrected chi connectivity index (χ0v) is 10.6. The second-order valence-corrected chi connectivity index (χ2v) is 5.02. The highest BCUT2D eigenvalue weighted by Gasteiger charge is 2.13. The maximum Gasteiger partial charge on any atom is 0.0206 e. The van der Waals surface area contributed by atoms with Crippen LogP contribution in [-0.4, -0.2) is 19.6 Å². The molecule has 0 amide bonds. The minimum Gasteiger partial charge on any atom is -0.315 e. The van der Waals surface area contributed by atoms with E-state index in [2.05, 4.69) is 41.0 Å². The summed E-state index contributed by atoms with van der Waals surface area (Å²) >= 11 is 0. The summed E-state index contributed by atoms with van der Waals surface area (Å²) in [5, 5.41) is 7.02. The molecule has 1 aliphatic rings. The molecule has 0 heterocycles. The quantitative estimate of drug-likeness (QED) is 0.706. The van der Waals surface area contributed by atoms with Gasteiger partial charge in [-0.05, 0) is 30.9 Å². The SMILES string of the molecule is c1ccc(CNCCNCC2CCCC2)cc1. The maximum atomic E-state index is 3.55. The average molecular weight is 232 g/mol. The molecule has 0 bridgehead atoms. The molecule has 2 nitrogen and oxygen atoms in total. The van der Waals surface area contributed by atoms with E-state index in [0.717, 1.165) is 25.6 Å². The predicted octanol–water partition coefficient (Wildman–Crippen LogP) is 2.56. The standard InChI is InChI=1S/C15H24N2/c1-2-6-14(7-3-1)12-16-10-11-17-13-15-8-4-5-9-15/h1-3,6-7,15-17H,4-5,8-13H2. The molecule has 0 saturated heterocycles. The van der Waals surface area contributed by atoms with Crippen LogP contribution in [0.3, 0.4) is 0 Å². The molecule has 17 heavy (non-hydrogen) atoms. The Labute approximate surface area is 105 Å². The van der Waals surface area contributed by atoms with Gasteiger partial charge in [0.25, 0.3) is 0 Å². The van der Waals surface area contributed by atoms with E-state index in [-0.39, 0.29) is 0 Å². The molecule has 0 atom stereocenters. The van der Waals surface area contributed by atoms with E-state index >= 15 is 0 Å². The number of rotatable bonds is 7. The summed E-state index contributed by atoms with van der Waals surface area (Å²) in [6.07, 6.45) is 5.76. The average Bonchev–Trinajstić information content (AvgIpc) is 2.88. The van der Waals surface area contributed by atoms with Gasteiger partial charge in [-0.2, -0.15) is 0 Å².